The summed E-state index contributed by atoms with van der Waals surface area (Å²) in [7, 11) is 1.65. The molecule has 1 atom stereocenters. The standard InChI is InChI=1S/C23H32N4O4/c1-23(2,3)31-22(29)25-10-8-17(9-11-25)14-26-15-20(30-4)16-27(21(26)28)19-7-5-6-18(12-19)13-24/h5-7,12,17,20H,8-11,14-16H2,1-4H3. The van der Waals surface area contributed by atoms with Gasteiger partial charge in [0.25, 0.3) is 0 Å². The van der Waals surface area contributed by atoms with E-state index in [4.69, 9.17) is 9.47 Å². The number of methoxy groups -OCH3 is 1. The number of hydrogen-bond donors (Lipinski definition) is 0. The minimum absolute atomic E-state index is 0.0713. The zero-order chi connectivity index (χ0) is 22.6. The van der Waals surface area contributed by atoms with Crippen LogP contribution in [0.15, 0.2) is 24.3 Å². The average molecular weight is 429 g/mol. The first-order chi connectivity index (χ1) is 14.7. The Labute approximate surface area is 184 Å². The molecule has 2 aliphatic rings. The Morgan fingerprint density at radius 2 is 1.94 bits per heavy atom. The van der Waals surface area contributed by atoms with Gasteiger partial charge in [-0.15, -0.1) is 0 Å². The molecule has 1 aromatic rings. The number of nitriles is 1. The Balaban J connectivity index is 1.62. The highest BCUT2D eigenvalue weighted by molar-refractivity contribution is 5.93. The fourth-order valence-corrected chi connectivity index (χ4v) is 4.03. The molecule has 0 aromatic heterocycles. The van der Waals surface area contributed by atoms with Gasteiger partial charge < -0.3 is 19.3 Å². The molecule has 2 fully saturated rings. The van der Waals surface area contributed by atoms with E-state index in [1.165, 1.54) is 0 Å². The molecule has 0 N–H and O–H groups in total. The van der Waals surface area contributed by atoms with Crippen molar-refractivity contribution in [3.8, 4) is 6.07 Å². The van der Waals surface area contributed by atoms with Crippen LogP contribution in [-0.4, -0.2) is 73.5 Å². The van der Waals surface area contributed by atoms with Gasteiger partial charge in [-0.05, 0) is 57.7 Å². The normalized spacial score (nSPS) is 20.5. The van der Waals surface area contributed by atoms with Gasteiger partial charge in [0.2, 0.25) is 0 Å². The van der Waals surface area contributed by atoms with Gasteiger partial charge in [0, 0.05) is 32.4 Å². The molecular weight excluding hydrogens is 396 g/mol. The molecule has 0 radical (unpaired) electrons. The van der Waals surface area contributed by atoms with Crippen LogP contribution in [0.1, 0.15) is 39.2 Å². The summed E-state index contributed by atoms with van der Waals surface area (Å²) in [6.45, 7) is 8.47. The van der Waals surface area contributed by atoms with Crippen LogP contribution in [0.25, 0.3) is 0 Å². The molecule has 31 heavy (non-hydrogen) atoms. The SMILES string of the molecule is COC1CN(CC2CCN(C(=O)OC(C)(C)C)CC2)C(=O)N(c2cccc(C#N)c2)C1. The summed E-state index contributed by atoms with van der Waals surface area (Å²) in [5.41, 5.74) is 0.719. The first-order valence-corrected chi connectivity index (χ1v) is 10.8. The molecule has 3 amide bonds. The molecule has 2 saturated heterocycles. The summed E-state index contributed by atoms with van der Waals surface area (Å²) >= 11 is 0. The van der Waals surface area contributed by atoms with Crippen LogP contribution in [0.3, 0.4) is 0 Å². The van der Waals surface area contributed by atoms with Gasteiger partial charge in [-0.25, -0.2) is 9.59 Å². The van der Waals surface area contributed by atoms with Crippen molar-refractivity contribution in [1.82, 2.24) is 9.80 Å². The lowest BCUT2D eigenvalue weighted by atomic mass is 9.96. The maximum atomic E-state index is 13.2. The lowest BCUT2D eigenvalue weighted by Gasteiger charge is -2.42. The molecule has 0 aliphatic carbocycles. The van der Waals surface area contributed by atoms with Crippen LogP contribution in [0, 0.1) is 17.2 Å². The highest BCUT2D eigenvalue weighted by Gasteiger charge is 2.35. The number of amides is 3. The molecule has 2 aliphatic heterocycles. The lowest BCUT2D eigenvalue weighted by molar-refractivity contribution is 0.0158. The Kier molecular flexibility index (Phi) is 7.06. The predicted octanol–water partition coefficient (Wildman–Crippen LogP) is 3.46. The smallest absolute Gasteiger partial charge is 0.410 e. The Morgan fingerprint density at radius 3 is 2.55 bits per heavy atom. The van der Waals surface area contributed by atoms with E-state index < -0.39 is 5.60 Å². The van der Waals surface area contributed by atoms with E-state index in [2.05, 4.69) is 6.07 Å². The van der Waals surface area contributed by atoms with E-state index in [0.717, 1.165) is 12.8 Å². The summed E-state index contributed by atoms with van der Waals surface area (Å²) in [6.07, 6.45) is 1.27. The van der Waals surface area contributed by atoms with Gasteiger partial charge >= 0.3 is 12.1 Å². The number of carbonyl (C=O) groups excluding carboxylic acids is 2. The van der Waals surface area contributed by atoms with E-state index in [1.807, 2.05) is 31.7 Å². The fraction of sp³-hybridized carbons (Fsp3) is 0.609. The van der Waals surface area contributed by atoms with E-state index in [9.17, 15) is 14.9 Å². The van der Waals surface area contributed by atoms with Crippen molar-refractivity contribution < 1.29 is 19.1 Å². The quantitative estimate of drug-likeness (QED) is 0.733. The molecule has 8 heteroatoms. The van der Waals surface area contributed by atoms with E-state index >= 15 is 0 Å². The number of piperidine rings is 1. The van der Waals surface area contributed by atoms with Gasteiger partial charge in [-0.3, -0.25) is 4.90 Å². The Hall–Kier alpha value is -2.79. The number of benzene rings is 1. The van der Waals surface area contributed by atoms with Gasteiger partial charge in [-0.1, -0.05) is 6.07 Å². The predicted molar refractivity (Wildman–Crippen MR) is 117 cm³/mol. The molecule has 2 heterocycles. The van der Waals surface area contributed by atoms with Crippen molar-refractivity contribution in [3.05, 3.63) is 29.8 Å². The molecule has 0 bridgehead atoms. The fourth-order valence-electron chi connectivity index (χ4n) is 4.03. The first-order valence-electron chi connectivity index (χ1n) is 10.8. The van der Waals surface area contributed by atoms with E-state index in [0.29, 0.717) is 49.9 Å². The second-order valence-corrected chi connectivity index (χ2v) is 9.23. The van der Waals surface area contributed by atoms with Gasteiger partial charge in [-0.2, -0.15) is 5.26 Å². The Bertz CT molecular complexity index is 837. The second-order valence-electron chi connectivity index (χ2n) is 9.23. The van der Waals surface area contributed by atoms with Crippen LogP contribution in [0.4, 0.5) is 15.3 Å². The molecule has 168 valence electrons. The highest BCUT2D eigenvalue weighted by atomic mass is 16.6. The average Bonchev–Trinajstić information content (AvgIpc) is 2.74. The van der Waals surface area contributed by atoms with Crippen LogP contribution in [0.5, 0.6) is 0 Å². The van der Waals surface area contributed by atoms with Crippen LogP contribution < -0.4 is 4.90 Å². The summed E-state index contributed by atoms with van der Waals surface area (Å²) in [5.74, 6) is 0.311. The largest absolute Gasteiger partial charge is 0.444 e. The molecular formula is C23H32N4O4. The number of hydrogen-bond acceptors (Lipinski definition) is 5. The topological polar surface area (TPSA) is 86.1 Å². The van der Waals surface area contributed by atoms with Crippen molar-refractivity contribution in [2.45, 2.75) is 45.3 Å². The number of anilines is 1. The number of nitrogens with zero attached hydrogens (tertiary/aromatic N) is 4. The number of urea groups is 1. The molecule has 3 rings (SSSR count). The number of likely N-dealkylation sites (tertiary alicyclic amines) is 1. The lowest BCUT2D eigenvalue weighted by Crippen LogP contribution is -2.57. The monoisotopic (exact) mass is 428 g/mol. The number of carbonyl (C=O) groups is 2. The van der Waals surface area contributed by atoms with Crippen molar-refractivity contribution in [2.75, 3.05) is 44.7 Å². The maximum absolute atomic E-state index is 13.2. The molecule has 0 saturated carbocycles. The minimum Gasteiger partial charge on any atom is -0.444 e. The number of rotatable bonds is 4. The number of ether oxygens (including phenoxy) is 2. The summed E-state index contributed by atoms with van der Waals surface area (Å²) in [5, 5.41) is 9.19. The highest BCUT2D eigenvalue weighted by Crippen LogP contribution is 2.26. The second kappa shape index (κ2) is 9.56. The van der Waals surface area contributed by atoms with Crippen LogP contribution in [-0.2, 0) is 9.47 Å². The Morgan fingerprint density at radius 1 is 1.23 bits per heavy atom. The first kappa shape index (κ1) is 22.9. The third-order valence-corrected chi connectivity index (χ3v) is 5.68. The van der Waals surface area contributed by atoms with Crippen molar-refractivity contribution in [3.63, 3.8) is 0 Å². The summed E-state index contributed by atoms with van der Waals surface area (Å²) in [6, 6.07) is 9.14. The van der Waals surface area contributed by atoms with Crippen molar-refractivity contribution in [1.29, 1.82) is 5.26 Å². The van der Waals surface area contributed by atoms with Crippen LogP contribution in [0.2, 0.25) is 0 Å². The molecule has 1 aromatic carbocycles. The molecule has 1 unspecified atom stereocenters. The maximum Gasteiger partial charge on any atom is 0.410 e. The van der Waals surface area contributed by atoms with Crippen molar-refractivity contribution >= 4 is 17.8 Å². The zero-order valence-electron chi connectivity index (χ0n) is 18.8. The summed E-state index contributed by atoms with van der Waals surface area (Å²) < 4.78 is 11.1. The van der Waals surface area contributed by atoms with E-state index in [1.54, 1.807) is 35.1 Å². The summed E-state index contributed by atoms with van der Waals surface area (Å²) in [4.78, 5) is 30.8. The van der Waals surface area contributed by atoms with Crippen LogP contribution >= 0.6 is 0 Å². The molecule has 0 spiro atoms. The van der Waals surface area contributed by atoms with Gasteiger partial charge in [0.1, 0.15) is 5.60 Å². The third kappa shape index (κ3) is 5.88. The van der Waals surface area contributed by atoms with Gasteiger partial charge in [0.05, 0.1) is 30.8 Å². The zero-order valence-corrected chi connectivity index (χ0v) is 18.8. The molecule has 8 nitrogen and oxygen atoms in total. The van der Waals surface area contributed by atoms with E-state index in [-0.39, 0.29) is 18.2 Å². The van der Waals surface area contributed by atoms with Gasteiger partial charge in [0.15, 0.2) is 0 Å². The minimum atomic E-state index is -0.504. The van der Waals surface area contributed by atoms with Crippen molar-refractivity contribution in [2.24, 2.45) is 5.92 Å². The third-order valence-electron chi connectivity index (χ3n) is 5.68.